The molecule has 9 nitrogen and oxygen atoms in total. The van der Waals surface area contributed by atoms with Gasteiger partial charge in [-0.1, -0.05) is 48.5 Å². The Bertz CT molecular complexity index is 1720. The Hall–Kier alpha value is -4.41. The predicted molar refractivity (Wildman–Crippen MR) is 151 cm³/mol. The molecule has 39 heavy (non-hydrogen) atoms. The highest BCUT2D eigenvalue weighted by Gasteiger charge is 2.29. The van der Waals surface area contributed by atoms with E-state index in [1.165, 1.54) is 37.5 Å². The molecule has 3 aromatic carbocycles. The van der Waals surface area contributed by atoms with Crippen LogP contribution in [0.5, 0.6) is 5.75 Å². The maximum atomic E-state index is 14.0. The number of rotatable bonds is 7. The molecule has 1 aromatic heterocycles. The van der Waals surface area contributed by atoms with Gasteiger partial charge in [-0.15, -0.1) is 0 Å². The number of carbonyl (C=O) groups is 2. The van der Waals surface area contributed by atoms with Crippen LogP contribution in [0.2, 0.25) is 0 Å². The van der Waals surface area contributed by atoms with Crippen molar-refractivity contribution in [1.29, 1.82) is 0 Å². The molecule has 0 saturated carbocycles. The molecule has 0 aliphatic carbocycles. The molecule has 200 valence electrons. The van der Waals surface area contributed by atoms with Crippen molar-refractivity contribution in [3.8, 4) is 5.75 Å². The summed E-state index contributed by atoms with van der Waals surface area (Å²) in [6.07, 6.45) is 3.68. The third kappa shape index (κ3) is 4.80. The number of methoxy groups -OCH3 is 1. The molecule has 0 radical (unpaired) electrons. The summed E-state index contributed by atoms with van der Waals surface area (Å²) >= 11 is 0. The van der Waals surface area contributed by atoms with Crippen LogP contribution < -0.4 is 15.0 Å². The van der Waals surface area contributed by atoms with Crippen LogP contribution in [-0.4, -0.2) is 56.3 Å². The number of nitrogens with one attached hydrogen (secondary N) is 1. The average Bonchev–Trinajstić information content (AvgIpc) is 3.54. The summed E-state index contributed by atoms with van der Waals surface area (Å²) in [5.41, 5.74) is 3.00. The molecule has 2 heterocycles. The second-order valence-electron chi connectivity index (χ2n) is 9.24. The van der Waals surface area contributed by atoms with E-state index in [0.29, 0.717) is 35.2 Å². The average molecular weight is 545 g/mol. The number of aromatic nitrogens is 1. The lowest BCUT2D eigenvalue weighted by molar-refractivity contribution is -0.115. The molecule has 0 saturated heterocycles. The molecule has 1 aliphatic rings. The second-order valence-corrected chi connectivity index (χ2v) is 11.3. The lowest BCUT2D eigenvalue weighted by Gasteiger charge is -2.20. The van der Waals surface area contributed by atoms with Gasteiger partial charge in [-0.3, -0.25) is 9.59 Å². The van der Waals surface area contributed by atoms with E-state index in [-0.39, 0.29) is 11.3 Å². The summed E-state index contributed by atoms with van der Waals surface area (Å²) in [6, 6.07) is 21.4. The molecule has 0 bridgehead atoms. The smallest absolute Gasteiger partial charge is 0.307 e. The minimum Gasteiger partial charge on any atom is -0.496 e. The van der Waals surface area contributed by atoms with Gasteiger partial charge in [-0.2, -0.15) is 12.7 Å². The Kier molecular flexibility index (Phi) is 6.98. The zero-order valence-electron chi connectivity index (χ0n) is 21.8. The van der Waals surface area contributed by atoms with Gasteiger partial charge in [0.05, 0.1) is 18.2 Å². The lowest BCUT2D eigenvalue weighted by Crippen LogP contribution is -2.37. The molecule has 0 spiro atoms. The van der Waals surface area contributed by atoms with Crippen LogP contribution in [0.25, 0.3) is 17.0 Å². The van der Waals surface area contributed by atoms with Crippen molar-refractivity contribution in [3.63, 3.8) is 0 Å². The molecular formula is C29H28N4O5S. The lowest BCUT2D eigenvalue weighted by atomic mass is 10.1. The molecule has 0 fully saturated rings. The van der Waals surface area contributed by atoms with Gasteiger partial charge in [0.2, 0.25) is 0 Å². The molecule has 5 rings (SSSR count). The van der Waals surface area contributed by atoms with Crippen molar-refractivity contribution < 1.29 is 22.7 Å². The maximum Gasteiger partial charge on any atom is 0.307 e. The van der Waals surface area contributed by atoms with Crippen LogP contribution in [-0.2, 0) is 21.4 Å². The Morgan fingerprint density at radius 2 is 1.67 bits per heavy atom. The minimum absolute atomic E-state index is 0.00719. The molecule has 1 N–H and O–H groups in total. The largest absolute Gasteiger partial charge is 0.496 e. The van der Waals surface area contributed by atoms with Crippen molar-refractivity contribution in [2.24, 2.45) is 0 Å². The normalized spacial score (nSPS) is 13.5. The monoisotopic (exact) mass is 544 g/mol. The van der Waals surface area contributed by atoms with Crippen molar-refractivity contribution in [2.75, 3.05) is 32.6 Å². The van der Waals surface area contributed by atoms with Crippen LogP contribution >= 0.6 is 0 Å². The highest BCUT2D eigenvalue weighted by molar-refractivity contribution is 7.87. The zero-order valence-corrected chi connectivity index (χ0v) is 22.6. The van der Waals surface area contributed by atoms with Gasteiger partial charge in [0.1, 0.15) is 11.4 Å². The first-order valence-corrected chi connectivity index (χ1v) is 13.7. The number of anilines is 1. The maximum absolute atomic E-state index is 14.0. The third-order valence-electron chi connectivity index (χ3n) is 6.68. The highest BCUT2D eigenvalue weighted by Crippen LogP contribution is 2.30. The summed E-state index contributed by atoms with van der Waals surface area (Å²) in [6.45, 7) is 0.455. The SMILES string of the molecule is COc1ccccc1C(=O)N/C(=C\c1cn(S(=O)(=O)N(C)C)c2ccccc12)C(=O)N1CCc2ccccc21. The van der Waals surface area contributed by atoms with Crippen LogP contribution in [0.3, 0.4) is 0 Å². The fraction of sp³-hybridized carbons (Fsp3) is 0.172. The van der Waals surface area contributed by atoms with E-state index in [1.807, 2.05) is 24.3 Å². The molecule has 4 aromatic rings. The zero-order chi connectivity index (χ0) is 27.7. The molecule has 2 amide bonds. The Morgan fingerprint density at radius 1 is 0.974 bits per heavy atom. The van der Waals surface area contributed by atoms with Crippen LogP contribution in [0.1, 0.15) is 21.5 Å². The molecule has 0 unspecified atom stereocenters. The van der Waals surface area contributed by atoms with Crippen LogP contribution in [0.4, 0.5) is 5.69 Å². The van der Waals surface area contributed by atoms with Crippen molar-refractivity contribution in [3.05, 3.63) is 101 Å². The molecular weight excluding hydrogens is 516 g/mol. The Morgan fingerprint density at radius 3 is 2.44 bits per heavy atom. The van der Waals surface area contributed by atoms with Gasteiger partial charge in [0, 0.05) is 43.5 Å². The van der Waals surface area contributed by atoms with Crippen molar-refractivity contribution >= 4 is 44.7 Å². The number of para-hydroxylation sites is 3. The second kappa shape index (κ2) is 10.4. The third-order valence-corrected chi connectivity index (χ3v) is 8.40. The van der Waals surface area contributed by atoms with Gasteiger partial charge in [-0.25, -0.2) is 3.97 Å². The predicted octanol–water partition coefficient (Wildman–Crippen LogP) is 3.66. The van der Waals surface area contributed by atoms with E-state index in [9.17, 15) is 18.0 Å². The summed E-state index contributed by atoms with van der Waals surface area (Å²) in [4.78, 5) is 29.0. The van der Waals surface area contributed by atoms with E-state index in [0.717, 1.165) is 15.6 Å². The first-order valence-electron chi connectivity index (χ1n) is 12.3. The number of fused-ring (bicyclic) bond motifs is 2. The fourth-order valence-corrected chi connectivity index (χ4v) is 5.69. The number of ether oxygens (including phenoxy) is 1. The van der Waals surface area contributed by atoms with E-state index >= 15 is 0 Å². The van der Waals surface area contributed by atoms with E-state index in [2.05, 4.69) is 5.32 Å². The highest BCUT2D eigenvalue weighted by atomic mass is 32.2. The summed E-state index contributed by atoms with van der Waals surface area (Å²) in [5, 5.41) is 3.39. The van der Waals surface area contributed by atoms with Crippen LogP contribution in [0.15, 0.2) is 84.7 Å². The van der Waals surface area contributed by atoms with E-state index in [4.69, 9.17) is 4.74 Å². The fourth-order valence-electron chi connectivity index (χ4n) is 4.68. The van der Waals surface area contributed by atoms with E-state index < -0.39 is 22.0 Å². The quantitative estimate of drug-likeness (QED) is 0.358. The number of amides is 2. The van der Waals surface area contributed by atoms with Gasteiger partial charge in [0.15, 0.2) is 0 Å². The van der Waals surface area contributed by atoms with Gasteiger partial charge in [0.25, 0.3) is 11.8 Å². The topological polar surface area (TPSA) is 101 Å². The summed E-state index contributed by atoms with van der Waals surface area (Å²) in [7, 11) is 0.522. The molecule has 1 aliphatic heterocycles. The Labute approximate surface area is 227 Å². The molecule has 0 atom stereocenters. The van der Waals surface area contributed by atoms with E-state index in [1.54, 1.807) is 53.4 Å². The summed E-state index contributed by atoms with van der Waals surface area (Å²) in [5.74, 6) is -0.568. The summed E-state index contributed by atoms with van der Waals surface area (Å²) < 4.78 is 33.8. The number of hydrogen-bond acceptors (Lipinski definition) is 5. The van der Waals surface area contributed by atoms with Crippen LogP contribution in [0, 0.1) is 0 Å². The van der Waals surface area contributed by atoms with Crippen molar-refractivity contribution in [1.82, 2.24) is 13.6 Å². The first-order chi connectivity index (χ1) is 18.7. The Balaban J connectivity index is 1.64. The van der Waals surface area contributed by atoms with Crippen molar-refractivity contribution in [2.45, 2.75) is 6.42 Å². The number of nitrogens with zero attached hydrogens (tertiary/aromatic N) is 3. The standard InChI is InChI=1S/C29H28N4O5S/c1-31(2)39(36,37)33-19-21(22-11-5-8-14-26(22)33)18-24(30-28(34)23-12-6-9-15-27(23)38-3)29(35)32-17-16-20-10-4-7-13-25(20)32/h4-15,18-19H,16-17H2,1-3H3,(H,30,34)/b24-18-. The van der Waals surface area contributed by atoms with Gasteiger partial charge >= 0.3 is 10.2 Å². The first kappa shape index (κ1) is 26.2. The number of benzene rings is 3. The van der Waals surface area contributed by atoms with Gasteiger partial charge < -0.3 is 15.0 Å². The number of hydrogen-bond donors (Lipinski definition) is 1. The minimum atomic E-state index is -3.85. The number of carbonyl (C=O) groups excluding carboxylic acids is 2. The van der Waals surface area contributed by atoms with Gasteiger partial charge in [-0.05, 0) is 42.3 Å². The molecule has 10 heteroatoms.